The number of hydrogen-bond acceptors (Lipinski definition) is 6. The van der Waals surface area contributed by atoms with Crippen LogP contribution in [0.25, 0.3) is 0 Å². The van der Waals surface area contributed by atoms with E-state index in [1.807, 2.05) is 12.1 Å². The van der Waals surface area contributed by atoms with Crippen LogP contribution in [-0.4, -0.2) is 32.8 Å². The fourth-order valence-corrected chi connectivity index (χ4v) is 5.11. The largest absolute Gasteiger partial charge is 0.454 e. The van der Waals surface area contributed by atoms with Crippen molar-refractivity contribution >= 4 is 33.1 Å². The van der Waals surface area contributed by atoms with Crippen molar-refractivity contribution in [1.82, 2.24) is 4.72 Å². The molecule has 0 bridgehead atoms. The van der Waals surface area contributed by atoms with Gasteiger partial charge in [0, 0.05) is 12.1 Å². The Balaban J connectivity index is 1.49. The van der Waals surface area contributed by atoms with Gasteiger partial charge in [-0.05, 0) is 54.8 Å². The second-order valence-electron chi connectivity index (χ2n) is 6.41. The third kappa shape index (κ3) is 4.82. The third-order valence-electron chi connectivity index (χ3n) is 4.44. The maximum atomic E-state index is 12.5. The van der Waals surface area contributed by atoms with Crippen molar-refractivity contribution in [1.29, 1.82) is 0 Å². The molecule has 8 heteroatoms. The van der Waals surface area contributed by atoms with E-state index in [-0.39, 0.29) is 23.0 Å². The molecule has 6 nitrogen and oxygen atoms in total. The summed E-state index contributed by atoms with van der Waals surface area (Å²) in [5.74, 6) is -0.872. The van der Waals surface area contributed by atoms with E-state index in [2.05, 4.69) is 4.72 Å². The van der Waals surface area contributed by atoms with E-state index in [4.69, 9.17) is 4.74 Å². The van der Waals surface area contributed by atoms with Crippen molar-refractivity contribution in [3.63, 3.8) is 0 Å². The summed E-state index contributed by atoms with van der Waals surface area (Å²) < 4.78 is 31.7. The molecular weight excluding hydrogens is 386 g/mol. The highest BCUT2D eigenvalue weighted by molar-refractivity contribution is 7.91. The molecule has 0 spiro atoms. The average molecular weight is 408 g/mol. The Morgan fingerprint density at radius 3 is 2.74 bits per heavy atom. The molecule has 1 aliphatic carbocycles. The van der Waals surface area contributed by atoms with Gasteiger partial charge in [-0.3, -0.25) is 9.59 Å². The van der Waals surface area contributed by atoms with Crippen molar-refractivity contribution in [2.45, 2.75) is 42.9 Å². The fraction of sp³-hybridized carbons (Fsp3) is 0.368. The van der Waals surface area contributed by atoms with Crippen LogP contribution in [0.15, 0.2) is 39.9 Å². The van der Waals surface area contributed by atoms with E-state index in [1.54, 1.807) is 17.5 Å². The molecule has 144 valence electrons. The van der Waals surface area contributed by atoms with Gasteiger partial charge in [0.15, 0.2) is 6.10 Å². The van der Waals surface area contributed by atoms with Gasteiger partial charge in [-0.2, -0.15) is 0 Å². The van der Waals surface area contributed by atoms with E-state index in [1.165, 1.54) is 24.1 Å². The maximum Gasteiger partial charge on any atom is 0.307 e. The van der Waals surface area contributed by atoms with Gasteiger partial charge in [0.25, 0.3) is 0 Å². The van der Waals surface area contributed by atoms with Crippen molar-refractivity contribution in [3.05, 3.63) is 52.4 Å². The van der Waals surface area contributed by atoms with E-state index >= 15 is 0 Å². The molecule has 0 amide bonds. The Morgan fingerprint density at radius 1 is 1.22 bits per heavy atom. The monoisotopic (exact) mass is 407 g/mol. The average Bonchev–Trinajstić information content (AvgIpc) is 3.32. The second kappa shape index (κ2) is 8.33. The van der Waals surface area contributed by atoms with Crippen molar-refractivity contribution in [3.8, 4) is 0 Å². The van der Waals surface area contributed by atoms with Crippen LogP contribution in [0.3, 0.4) is 0 Å². The number of nitrogens with one attached hydrogen (secondary N) is 1. The molecule has 2 aromatic rings. The number of sulfonamides is 1. The van der Waals surface area contributed by atoms with Gasteiger partial charge in [0.2, 0.25) is 15.8 Å². The number of carbonyl (C=O) groups excluding carboxylic acids is 2. The number of hydrogen-bond donors (Lipinski definition) is 1. The molecule has 1 unspecified atom stereocenters. The highest BCUT2D eigenvalue weighted by atomic mass is 32.2. The molecule has 1 aliphatic rings. The zero-order chi connectivity index (χ0) is 19.4. The predicted molar refractivity (Wildman–Crippen MR) is 102 cm³/mol. The molecule has 3 rings (SSSR count). The number of aryl methyl sites for hydroxylation is 2. The summed E-state index contributed by atoms with van der Waals surface area (Å²) in [5.41, 5.74) is 2.99. The molecule has 0 saturated carbocycles. The normalized spacial score (nSPS) is 14.6. The first-order valence-electron chi connectivity index (χ1n) is 8.75. The summed E-state index contributed by atoms with van der Waals surface area (Å²) in [5, 5.41) is 1.66. The maximum absolute atomic E-state index is 12.5. The van der Waals surface area contributed by atoms with Gasteiger partial charge in [-0.25, -0.2) is 13.1 Å². The minimum Gasteiger partial charge on any atom is -0.454 e. The molecule has 0 radical (unpaired) electrons. The molecule has 0 aliphatic heterocycles. The topological polar surface area (TPSA) is 89.5 Å². The number of carbonyl (C=O) groups is 2. The smallest absolute Gasteiger partial charge is 0.307 e. The summed E-state index contributed by atoms with van der Waals surface area (Å²) in [6.45, 7) is 1.45. The first-order chi connectivity index (χ1) is 12.9. The number of fused-ring (bicyclic) bond motifs is 1. The Morgan fingerprint density at radius 2 is 2.00 bits per heavy atom. The van der Waals surface area contributed by atoms with Crippen LogP contribution in [0.2, 0.25) is 0 Å². The minimum atomic E-state index is -3.61. The standard InChI is InChI=1S/C19H21NO5S2/c1-13(19(22)16-8-7-14-4-2-5-15(14)12-16)25-17(21)9-10-20-27(23,24)18-6-3-11-26-18/h3,6-8,11-13,20H,2,4-5,9-10H2,1H3. The second-order valence-corrected chi connectivity index (χ2v) is 9.35. The fourth-order valence-electron chi connectivity index (χ4n) is 3.04. The van der Waals surface area contributed by atoms with Crippen LogP contribution in [0, 0.1) is 0 Å². The first-order valence-corrected chi connectivity index (χ1v) is 11.1. The highest BCUT2D eigenvalue weighted by Gasteiger charge is 2.22. The molecule has 0 fully saturated rings. The molecule has 1 atom stereocenters. The lowest BCUT2D eigenvalue weighted by atomic mass is 10.0. The highest BCUT2D eigenvalue weighted by Crippen LogP contribution is 2.23. The van der Waals surface area contributed by atoms with Crippen molar-refractivity contribution < 1.29 is 22.7 Å². The van der Waals surface area contributed by atoms with Crippen LogP contribution < -0.4 is 4.72 Å². The van der Waals surface area contributed by atoms with Crippen LogP contribution >= 0.6 is 11.3 Å². The lowest BCUT2D eigenvalue weighted by Crippen LogP contribution is -2.29. The summed E-state index contributed by atoms with van der Waals surface area (Å²) in [7, 11) is -3.61. The summed E-state index contributed by atoms with van der Waals surface area (Å²) in [6.07, 6.45) is 2.04. The number of benzene rings is 1. The number of ketones is 1. The number of rotatable bonds is 8. The summed E-state index contributed by atoms with van der Waals surface area (Å²) in [6, 6.07) is 8.74. The molecule has 0 saturated heterocycles. The molecule has 1 aromatic heterocycles. The Hall–Kier alpha value is -2.03. The Bertz CT molecular complexity index is 935. The molecule has 1 heterocycles. The number of ether oxygens (including phenoxy) is 1. The van der Waals surface area contributed by atoms with E-state index < -0.39 is 22.1 Å². The molecular formula is C19H21NO5S2. The third-order valence-corrected chi connectivity index (χ3v) is 7.30. The van der Waals surface area contributed by atoms with Gasteiger partial charge < -0.3 is 4.74 Å². The Kier molecular flexibility index (Phi) is 6.08. The van der Waals surface area contributed by atoms with Gasteiger partial charge in [-0.15, -0.1) is 11.3 Å². The van der Waals surface area contributed by atoms with Crippen molar-refractivity contribution in [2.75, 3.05) is 6.54 Å². The number of Topliss-reactive ketones (excluding diaryl/α,β-unsaturated/α-hetero) is 1. The molecule has 1 aromatic carbocycles. The SMILES string of the molecule is CC(OC(=O)CCNS(=O)(=O)c1cccs1)C(=O)c1ccc2c(c1)CCC2. The lowest BCUT2D eigenvalue weighted by molar-refractivity contribution is -0.146. The van der Waals surface area contributed by atoms with Gasteiger partial charge in [0.05, 0.1) is 6.42 Å². The van der Waals surface area contributed by atoms with E-state index in [0.29, 0.717) is 5.56 Å². The van der Waals surface area contributed by atoms with Crippen LogP contribution in [0.5, 0.6) is 0 Å². The number of esters is 1. The van der Waals surface area contributed by atoms with Gasteiger partial charge in [-0.1, -0.05) is 18.2 Å². The summed E-state index contributed by atoms with van der Waals surface area (Å²) in [4.78, 5) is 24.4. The zero-order valence-corrected chi connectivity index (χ0v) is 16.6. The van der Waals surface area contributed by atoms with E-state index in [9.17, 15) is 18.0 Å². The van der Waals surface area contributed by atoms with E-state index in [0.717, 1.165) is 30.6 Å². The number of thiophene rings is 1. The quantitative estimate of drug-likeness (QED) is 0.537. The van der Waals surface area contributed by atoms with Gasteiger partial charge in [0.1, 0.15) is 4.21 Å². The van der Waals surface area contributed by atoms with Crippen LogP contribution in [0.1, 0.15) is 41.3 Å². The van der Waals surface area contributed by atoms with Crippen LogP contribution in [-0.2, 0) is 32.4 Å². The predicted octanol–water partition coefficient (Wildman–Crippen LogP) is 2.72. The molecule has 1 N–H and O–H groups in total. The van der Waals surface area contributed by atoms with Crippen molar-refractivity contribution in [2.24, 2.45) is 0 Å². The van der Waals surface area contributed by atoms with Gasteiger partial charge >= 0.3 is 5.97 Å². The molecule has 27 heavy (non-hydrogen) atoms. The summed E-state index contributed by atoms with van der Waals surface area (Å²) >= 11 is 1.10. The zero-order valence-electron chi connectivity index (χ0n) is 14.9. The minimum absolute atomic E-state index is 0.0845. The Labute approximate surface area is 162 Å². The first kappa shape index (κ1) is 19.7. The lowest BCUT2D eigenvalue weighted by Gasteiger charge is -2.13. The van der Waals surface area contributed by atoms with Crippen LogP contribution in [0.4, 0.5) is 0 Å².